The van der Waals surface area contributed by atoms with Gasteiger partial charge in [0.05, 0.1) is 37.2 Å². The number of esters is 1. The summed E-state index contributed by atoms with van der Waals surface area (Å²) in [7, 11) is -3.08. The number of anilines is 1. The van der Waals surface area contributed by atoms with E-state index >= 15 is 0 Å². The Balaban J connectivity index is 1.41. The van der Waals surface area contributed by atoms with Crippen LogP contribution in [0.2, 0.25) is 5.02 Å². The number of methoxy groups -OCH3 is 1. The summed E-state index contributed by atoms with van der Waals surface area (Å²) < 4.78 is 40.7. The number of carbonyl (C=O) groups is 2. The van der Waals surface area contributed by atoms with Crippen molar-refractivity contribution in [3.8, 4) is 5.75 Å². The van der Waals surface area contributed by atoms with E-state index in [1.165, 1.54) is 18.2 Å². The summed E-state index contributed by atoms with van der Waals surface area (Å²) in [5.74, 6) is -1.08. The van der Waals surface area contributed by atoms with Crippen LogP contribution in [0, 0.1) is 17.8 Å². The monoisotopic (exact) mass is 656 g/mol. The summed E-state index contributed by atoms with van der Waals surface area (Å²) in [6.45, 7) is 3.48. The third kappa shape index (κ3) is 6.33. The molecule has 6 atom stereocenters. The van der Waals surface area contributed by atoms with Crippen LogP contribution >= 0.6 is 11.6 Å². The van der Waals surface area contributed by atoms with Crippen LogP contribution in [0.25, 0.3) is 0 Å². The Kier molecular flexibility index (Phi) is 8.93. The van der Waals surface area contributed by atoms with Crippen molar-refractivity contribution in [3.05, 3.63) is 70.3 Å². The van der Waals surface area contributed by atoms with Crippen molar-refractivity contribution in [1.29, 1.82) is 0 Å². The first-order valence-corrected chi connectivity index (χ1v) is 17.7. The molecule has 0 saturated heterocycles. The molecule has 45 heavy (non-hydrogen) atoms. The molecule has 242 valence electrons. The smallest absolute Gasteiger partial charge is 0.306 e. The van der Waals surface area contributed by atoms with Crippen molar-refractivity contribution in [2.24, 2.45) is 17.8 Å². The molecule has 6 rings (SSSR count). The van der Waals surface area contributed by atoms with Crippen LogP contribution in [-0.2, 0) is 31.4 Å². The second-order valence-corrected chi connectivity index (χ2v) is 15.6. The highest BCUT2D eigenvalue weighted by atomic mass is 35.5. The molecule has 9 nitrogen and oxygen atoms in total. The zero-order valence-electron chi connectivity index (χ0n) is 25.7. The number of ether oxygens (including phenoxy) is 2. The lowest BCUT2D eigenvalue weighted by Gasteiger charge is -2.45. The van der Waals surface area contributed by atoms with E-state index in [4.69, 9.17) is 21.1 Å². The van der Waals surface area contributed by atoms with Gasteiger partial charge < -0.3 is 19.5 Å². The molecular weight excluding hydrogens is 616 g/mol. The quantitative estimate of drug-likeness (QED) is 0.350. The molecule has 1 amide bonds. The number of benzene rings is 2. The third-order valence-corrected chi connectivity index (χ3v) is 12.5. The van der Waals surface area contributed by atoms with Crippen LogP contribution in [0.1, 0.15) is 66.9 Å². The maximum Gasteiger partial charge on any atom is 0.306 e. The number of amides is 1. The molecule has 2 aromatic rings. The Morgan fingerprint density at radius 2 is 2.04 bits per heavy atom. The Bertz CT molecular complexity index is 1610. The van der Waals surface area contributed by atoms with E-state index in [9.17, 15) is 23.1 Å². The van der Waals surface area contributed by atoms with Crippen molar-refractivity contribution < 1.29 is 32.6 Å². The molecule has 4 aliphatic rings. The highest BCUT2D eigenvalue weighted by Crippen LogP contribution is 2.46. The second-order valence-electron chi connectivity index (χ2n) is 13.2. The lowest BCUT2D eigenvalue weighted by molar-refractivity contribution is -0.140. The first kappa shape index (κ1) is 31.9. The molecule has 2 heterocycles. The summed E-state index contributed by atoms with van der Waals surface area (Å²) >= 11 is 6.39. The lowest BCUT2D eigenvalue weighted by atomic mass is 9.68. The van der Waals surface area contributed by atoms with Gasteiger partial charge in [-0.15, -0.1) is 0 Å². The van der Waals surface area contributed by atoms with Gasteiger partial charge in [0, 0.05) is 29.1 Å². The minimum atomic E-state index is -4.28. The van der Waals surface area contributed by atoms with E-state index in [1.807, 2.05) is 12.1 Å². The molecule has 2 N–H and O–H groups in total. The number of aryl methyl sites for hydroxylation is 1. The largest absolute Gasteiger partial charge is 0.490 e. The van der Waals surface area contributed by atoms with E-state index < -0.39 is 45.6 Å². The Hall–Kier alpha value is -3.08. The van der Waals surface area contributed by atoms with Crippen molar-refractivity contribution in [3.63, 3.8) is 0 Å². The molecule has 1 saturated carbocycles. The summed E-state index contributed by atoms with van der Waals surface area (Å²) in [4.78, 5) is 28.0. The van der Waals surface area contributed by atoms with Crippen molar-refractivity contribution in [2.45, 2.75) is 68.6 Å². The van der Waals surface area contributed by atoms with Crippen LogP contribution in [0.5, 0.6) is 5.75 Å². The van der Waals surface area contributed by atoms with Crippen molar-refractivity contribution >= 4 is 39.2 Å². The maximum atomic E-state index is 13.6. The SMILES string of the molecule is COC(=O)C[C@@H]1[C@@H](C)C/C=C/[C@H](O)[C@@H]2CC[C@H]2CN2C[C@@]3(CCCc4cc(Cl)ccc43)COc3ccc(cc32)C(=O)NS1(=O)=O. The summed E-state index contributed by atoms with van der Waals surface area (Å²) in [6, 6.07) is 11.1. The molecule has 0 unspecified atom stereocenters. The van der Waals surface area contributed by atoms with E-state index in [-0.39, 0.29) is 22.8 Å². The van der Waals surface area contributed by atoms with Crippen LogP contribution in [-0.4, -0.2) is 63.6 Å². The van der Waals surface area contributed by atoms with Crippen LogP contribution in [0.15, 0.2) is 48.6 Å². The summed E-state index contributed by atoms with van der Waals surface area (Å²) in [5, 5.41) is 10.7. The highest BCUT2D eigenvalue weighted by Gasteiger charge is 2.44. The average Bonchev–Trinajstić information content (AvgIpc) is 3.13. The molecule has 0 radical (unpaired) electrons. The van der Waals surface area contributed by atoms with Gasteiger partial charge in [-0.05, 0) is 97.7 Å². The molecule has 2 aliphatic heterocycles. The maximum absolute atomic E-state index is 13.6. The fourth-order valence-corrected chi connectivity index (χ4v) is 9.47. The fourth-order valence-electron chi connectivity index (χ4n) is 7.66. The number of aliphatic hydroxyl groups is 1. The van der Waals surface area contributed by atoms with Gasteiger partial charge in [0.2, 0.25) is 10.0 Å². The molecule has 1 fully saturated rings. The van der Waals surface area contributed by atoms with E-state index in [0.29, 0.717) is 36.9 Å². The topological polar surface area (TPSA) is 122 Å². The van der Waals surface area contributed by atoms with Gasteiger partial charge in [-0.1, -0.05) is 36.7 Å². The number of fused-ring (bicyclic) bond motifs is 4. The summed E-state index contributed by atoms with van der Waals surface area (Å²) in [6.07, 6.45) is 7.49. The number of carbonyl (C=O) groups excluding carboxylic acids is 2. The van der Waals surface area contributed by atoms with E-state index in [0.717, 1.165) is 37.8 Å². The molecular formula is C34H41ClN2O7S. The van der Waals surface area contributed by atoms with Gasteiger partial charge in [0.15, 0.2) is 0 Å². The van der Waals surface area contributed by atoms with Crippen molar-refractivity contribution in [1.82, 2.24) is 4.72 Å². The molecule has 11 heteroatoms. The number of aliphatic hydroxyl groups excluding tert-OH is 1. The number of rotatable bonds is 2. The number of allylic oxidation sites excluding steroid dienone is 1. The molecule has 1 spiro atoms. The van der Waals surface area contributed by atoms with Gasteiger partial charge >= 0.3 is 5.97 Å². The number of sulfonamides is 1. The first-order valence-electron chi connectivity index (χ1n) is 15.8. The molecule has 2 aliphatic carbocycles. The molecule has 2 bridgehead atoms. The minimum absolute atomic E-state index is 0.0477. The zero-order chi connectivity index (χ0) is 31.9. The van der Waals surface area contributed by atoms with E-state index in [1.54, 1.807) is 37.3 Å². The Morgan fingerprint density at radius 3 is 2.80 bits per heavy atom. The lowest BCUT2D eigenvalue weighted by Crippen LogP contribution is -2.49. The number of hydrogen-bond donors (Lipinski definition) is 2. The van der Waals surface area contributed by atoms with Gasteiger partial charge in [-0.25, -0.2) is 13.1 Å². The van der Waals surface area contributed by atoms with Gasteiger partial charge in [-0.3, -0.25) is 9.59 Å². The van der Waals surface area contributed by atoms with Crippen LogP contribution in [0.4, 0.5) is 5.69 Å². The van der Waals surface area contributed by atoms with Gasteiger partial charge in [0.1, 0.15) is 5.75 Å². The summed E-state index contributed by atoms with van der Waals surface area (Å²) in [5.41, 5.74) is 3.04. The molecule has 0 aromatic heterocycles. The standard InChI is InChI=1S/C34H41ClN2O7S/c1-21-5-3-7-29(38)26-11-8-24(26)18-37-19-34(14-4-6-22-15-25(35)10-12-27(22)34)20-44-30-13-9-23(16-28(30)37)33(40)36-45(41,42)31(21)17-32(39)43-2/h3,7,9-10,12-13,15-16,21,24,26,29,31,38H,4-6,8,11,14,17-20H2,1-2H3,(H,36,40)/b7-3+/t21-,24-,26+,29-,31+,34-/m0/s1. The van der Waals surface area contributed by atoms with Crippen LogP contribution in [0.3, 0.4) is 0 Å². The zero-order valence-corrected chi connectivity index (χ0v) is 27.3. The Morgan fingerprint density at radius 1 is 1.22 bits per heavy atom. The normalized spacial score (nSPS) is 31.7. The van der Waals surface area contributed by atoms with Crippen LogP contribution < -0.4 is 14.4 Å². The second kappa shape index (κ2) is 12.6. The highest BCUT2D eigenvalue weighted by molar-refractivity contribution is 7.90. The van der Waals surface area contributed by atoms with Gasteiger partial charge in [-0.2, -0.15) is 0 Å². The number of hydrogen-bond acceptors (Lipinski definition) is 8. The predicted octanol–water partition coefficient (Wildman–Crippen LogP) is 4.79. The fraction of sp³-hybridized carbons (Fsp3) is 0.529. The number of nitrogens with one attached hydrogen (secondary N) is 1. The van der Waals surface area contributed by atoms with E-state index in [2.05, 4.69) is 15.7 Å². The predicted molar refractivity (Wildman–Crippen MR) is 172 cm³/mol. The average molecular weight is 657 g/mol. The first-order chi connectivity index (χ1) is 21.5. The minimum Gasteiger partial charge on any atom is -0.490 e. The Labute approximate surface area is 270 Å². The number of nitrogens with zero attached hydrogens (tertiary/aromatic N) is 1. The van der Waals surface area contributed by atoms with Gasteiger partial charge in [0.25, 0.3) is 5.91 Å². The molecule has 2 aromatic carbocycles. The van der Waals surface area contributed by atoms with Crippen molar-refractivity contribution in [2.75, 3.05) is 31.7 Å². The number of halogens is 1. The third-order valence-electron chi connectivity index (χ3n) is 10.4.